The van der Waals surface area contributed by atoms with Gasteiger partial charge in [0, 0.05) is 0 Å². The fraction of sp³-hybridized carbons (Fsp3) is 1.00. The molecular formula is C2H6Cl2. The van der Waals surface area contributed by atoms with E-state index in [0.717, 1.165) is 0 Å². The van der Waals surface area contributed by atoms with E-state index in [0.29, 0.717) is 0 Å². The standard InChI is InChI=1S/C2H6Cl.ClH/c1-3-2;/h1-2H3;1H/q+1;/p-1. The van der Waals surface area contributed by atoms with Gasteiger partial charge in [0.15, 0.2) is 12.8 Å². The van der Waals surface area contributed by atoms with Crippen LogP contribution < -0.4 is 12.4 Å². The maximum absolute atomic E-state index is 2.08. The fourth-order valence-electron chi connectivity index (χ4n) is 0. The summed E-state index contributed by atoms with van der Waals surface area (Å²) in [6.07, 6.45) is 3.97. The Kier molecular flexibility index (Phi) is 21.0. The normalized spacial score (nSPS) is 4.50. The average Bonchev–Trinajstić information content (AvgIpc) is 0.918. The average molecular weight is 101 g/mol. The van der Waals surface area contributed by atoms with Crippen molar-refractivity contribution in [1.82, 2.24) is 0 Å². The number of hydrogen-bond acceptors (Lipinski definition) is 0. The summed E-state index contributed by atoms with van der Waals surface area (Å²) in [7, 11) is 2.08. The van der Waals surface area contributed by atoms with Gasteiger partial charge in [-0.3, -0.25) is 0 Å². The SMILES string of the molecule is C[Cl+]C.[Cl-]. The Morgan fingerprint density at radius 2 is 1.25 bits per heavy atom. The second-order valence-electron chi connectivity index (χ2n) is 0.378. The van der Waals surface area contributed by atoms with Gasteiger partial charge in [-0.05, 0) is 0 Å². The highest BCUT2D eigenvalue weighted by Gasteiger charge is 1.55. The molecular weight excluding hydrogens is 94.9 g/mol. The molecule has 0 aliphatic rings. The van der Waals surface area contributed by atoms with Crippen LogP contribution in [-0.4, -0.2) is 12.8 Å². The van der Waals surface area contributed by atoms with Crippen molar-refractivity contribution in [2.45, 2.75) is 0 Å². The molecule has 0 fully saturated rings. The van der Waals surface area contributed by atoms with E-state index < -0.39 is 0 Å². The number of alkyl halides is 2. The van der Waals surface area contributed by atoms with Crippen molar-refractivity contribution in [2.24, 2.45) is 0 Å². The summed E-state index contributed by atoms with van der Waals surface area (Å²) in [5.74, 6) is 0. The largest absolute Gasteiger partial charge is 1.00 e. The van der Waals surface area contributed by atoms with Gasteiger partial charge in [0.05, 0.1) is 0 Å². The van der Waals surface area contributed by atoms with Crippen LogP contribution in [0.2, 0.25) is 0 Å². The maximum atomic E-state index is 2.08. The Morgan fingerprint density at radius 1 is 1.25 bits per heavy atom. The van der Waals surface area contributed by atoms with E-state index in [4.69, 9.17) is 0 Å². The fourth-order valence-corrected chi connectivity index (χ4v) is 0. The van der Waals surface area contributed by atoms with Gasteiger partial charge in [-0.25, -0.2) is 0 Å². The van der Waals surface area contributed by atoms with Crippen LogP contribution in [0.15, 0.2) is 0 Å². The molecule has 0 nitrogen and oxygen atoms in total. The molecule has 0 saturated heterocycles. The molecule has 0 aromatic rings. The highest BCUT2D eigenvalue weighted by molar-refractivity contribution is 3.35. The molecule has 0 unspecified atom stereocenters. The summed E-state index contributed by atoms with van der Waals surface area (Å²) in [5.41, 5.74) is 0. The van der Waals surface area contributed by atoms with Crippen molar-refractivity contribution >= 4 is 0 Å². The zero-order chi connectivity index (χ0) is 2.71. The summed E-state index contributed by atoms with van der Waals surface area (Å²) in [4.78, 5) is 0. The Labute approximate surface area is 36.7 Å². The molecule has 28 valence electrons. The van der Waals surface area contributed by atoms with Crippen molar-refractivity contribution in [3.63, 3.8) is 0 Å². The van der Waals surface area contributed by atoms with Crippen LogP contribution in [0.1, 0.15) is 0 Å². The molecule has 0 N–H and O–H groups in total. The minimum Gasteiger partial charge on any atom is -1.00 e. The molecule has 2 heteroatoms. The Morgan fingerprint density at radius 3 is 1.25 bits per heavy atom. The van der Waals surface area contributed by atoms with Gasteiger partial charge >= 0.3 is 0 Å². The van der Waals surface area contributed by atoms with Crippen molar-refractivity contribution in [2.75, 3.05) is 12.8 Å². The minimum atomic E-state index is 0. The zero-order valence-electron chi connectivity index (χ0n) is 2.76. The van der Waals surface area contributed by atoms with E-state index in [-0.39, 0.29) is 12.4 Å². The first kappa shape index (κ1) is 8.82. The smallest absolute Gasteiger partial charge is 0.162 e. The molecule has 0 saturated carbocycles. The highest BCUT2D eigenvalue weighted by atomic mass is 35.5. The van der Waals surface area contributed by atoms with Crippen LogP contribution in [0.4, 0.5) is 0 Å². The Bertz CT molecular complexity index is 4.00. The van der Waals surface area contributed by atoms with Gasteiger partial charge in [-0.15, -0.1) is 0 Å². The van der Waals surface area contributed by atoms with Crippen molar-refractivity contribution in [3.05, 3.63) is 0 Å². The first-order valence-electron chi connectivity index (χ1n) is 0.756. The molecule has 0 atom stereocenters. The molecule has 4 heavy (non-hydrogen) atoms. The second-order valence-corrected chi connectivity index (χ2v) is 1.13. The van der Waals surface area contributed by atoms with Crippen molar-refractivity contribution < 1.29 is 23.2 Å². The predicted molar refractivity (Wildman–Crippen MR) is 11.8 cm³/mol. The summed E-state index contributed by atoms with van der Waals surface area (Å²) < 4.78 is 0. The number of halogens is 2. The topological polar surface area (TPSA) is 0 Å². The van der Waals surface area contributed by atoms with Crippen LogP contribution in [0.5, 0.6) is 0 Å². The molecule has 0 aromatic heterocycles. The van der Waals surface area contributed by atoms with Crippen LogP contribution in [0.3, 0.4) is 0 Å². The molecule has 0 aromatic carbocycles. The summed E-state index contributed by atoms with van der Waals surface area (Å²) in [6.45, 7) is 0. The van der Waals surface area contributed by atoms with E-state index >= 15 is 0 Å². The third-order valence-electron chi connectivity index (χ3n) is 0. The lowest BCUT2D eigenvalue weighted by Crippen LogP contribution is -3.00. The lowest BCUT2D eigenvalue weighted by molar-refractivity contribution is -0.597. The molecule has 0 radical (unpaired) electrons. The van der Waals surface area contributed by atoms with Gasteiger partial charge in [0.1, 0.15) is 10.8 Å². The number of rotatable bonds is 0. The number of hydrogen-bond donors (Lipinski definition) is 0. The molecule has 0 heterocycles. The third kappa shape index (κ3) is 19.1. The van der Waals surface area contributed by atoms with E-state index in [1.807, 2.05) is 12.8 Å². The molecule has 0 bridgehead atoms. The molecule has 0 amide bonds. The second kappa shape index (κ2) is 9.55. The van der Waals surface area contributed by atoms with Crippen molar-refractivity contribution in [3.8, 4) is 0 Å². The Hall–Kier alpha value is 0.580. The summed E-state index contributed by atoms with van der Waals surface area (Å²) >= 11 is 0. The van der Waals surface area contributed by atoms with Gasteiger partial charge in [0.2, 0.25) is 0 Å². The molecule has 0 aliphatic carbocycles. The van der Waals surface area contributed by atoms with Crippen LogP contribution in [0.25, 0.3) is 0 Å². The quantitative estimate of drug-likeness (QED) is 0.292. The summed E-state index contributed by atoms with van der Waals surface area (Å²) in [5, 5.41) is 0. The van der Waals surface area contributed by atoms with Gasteiger partial charge in [0.25, 0.3) is 0 Å². The maximum Gasteiger partial charge on any atom is 0.162 e. The predicted octanol–water partition coefficient (Wildman–Crippen LogP) is -2.66. The van der Waals surface area contributed by atoms with Crippen LogP contribution >= 0.6 is 0 Å². The van der Waals surface area contributed by atoms with Gasteiger partial charge < -0.3 is 12.4 Å². The molecule has 0 rings (SSSR count). The molecule has 0 aliphatic heterocycles. The van der Waals surface area contributed by atoms with E-state index in [2.05, 4.69) is 10.8 Å². The zero-order valence-corrected chi connectivity index (χ0v) is 4.27. The summed E-state index contributed by atoms with van der Waals surface area (Å²) in [6, 6.07) is 0. The lowest BCUT2D eigenvalue weighted by atomic mass is 11.9. The highest BCUT2D eigenvalue weighted by Crippen LogP contribution is 1.32. The van der Waals surface area contributed by atoms with Crippen LogP contribution in [0, 0.1) is 10.8 Å². The van der Waals surface area contributed by atoms with E-state index in [1.54, 1.807) is 0 Å². The van der Waals surface area contributed by atoms with E-state index in [9.17, 15) is 0 Å². The third-order valence-corrected chi connectivity index (χ3v) is 0. The van der Waals surface area contributed by atoms with Gasteiger partial charge in [-0.1, -0.05) is 0 Å². The van der Waals surface area contributed by atoms with Crippen molar-refractivity contribution in [1.29, 1.82) is 0 Å². The van der Waals surface area contributed by atoms with Crippen LogP contribution in [-0.2, 0) is 0 Å². The molecule has 0 spiro atoms. The van der Waals surface area contributed by atoms with E-state index in [1.165, 1.54) is 0 Å². The monoisotopic (exact) mass is 100.0 g/mol. The first-order chi connectivity index (χ1) is 1.41. The van der Waals surface area contributed by atoms with Gasteiger partial charge in [-0.2, -0.15) is 0 Å². The Balaban J connectivity index is 0. The first-order valence-corrected chi connectivity index (χ1v) is 2.27. The lowest BCUT2D eigenvalue weighted by Gasteiger charge is -1.27. The minimum absolute atomic E-state index is 0.